The van der Waals surface area contributed by atoms with E-state index in [1.165, 1.54) is 5.56 Å². The zero-order valence-corrected chi connectivity index (χ0v) is 23.3. The van der Waals surface area contributed by atoms with Crippen LogP contribution in [0.2, 0.25) is 0 Å². The van der Waals surface area contributed by atoms with Gasteiger partial charge in [-0.25, -0.2) is 14.7 Å². The molecule has 8 nitrogen and oxygen atoms in total. The Kier molecular flexibility index (Phi) is 5.60. The SMILES string of the molecule is CCc1ccc(C2c3c(C)nn(-c4ccccc4)c3N=C3C(Nc4ccc5c(c4)OCO5)=Nc4ccccc4N32)cc1. The topological polar surface area (TPSA) is 76.3 Å². The monoisotopic (exact) mass is 552 g/mol. The number of aromatic nitrogens is 2. The molecule has 1 N–H and O–H groups in total. The van der Waals surface area contributed by atoms with Gasteiger partial charge in [-0.1, -0.05) is 61.5 Å². The lowest BCUT2D eigenvalue weighted by Gasteiger charge is -2.40. The van der Waals surface area contributed by atoms with Gasteiger partial charge in [0.05, 0.1) is 28.8 Å². The van der Waals surface area contributed by atoms with Gasteiger partial charge in [0.25, 0.3) is 0 Å². The van der Waals surface area contributed by atoms with E-state index in [9.17, 15) is 0 Å². The molecule has 0 fully saturated rings. The highest BCUT2D eigenvalue weighted by atomic mass is 16.7. The zero-order valence-electron chi connectivity index (χ0n) is 23.3. The Bertz CT molecular complexity index is 1890. The maximum atomic E-state index is 5.64. The van der Waals surface area contributed by atoms with Crippen LogP contribution in [0, 0.1) is 6.92 Å². The van der Waals surface area contributed by atoms with Crippen molar-refractivity contribution >= 4 is 34.6 Å². The quantitative estimate of drug-likeness (QED) is 0.254. The van der Waals surface area contributed by atoms with E-state index in [0.29, 0.717) is 11.6 Å². The molecule has 0 radical (unpaired) electrons. The summed E-state index contributed by atoms with van der Waals surface area (Å²) in [6.07, 6.45) is 0.983. The van der Waals surface area contributed by atoms with Gasteiger partial charge in [-0.3, -0.25) is 0 Å². The second-order valence-electron chi connectivity index (χ2n) is 10.5. The van der Waals surface area contributed by atoms with Gasteiger partial charge < -0.3 is 19.7 Å². The average molecular weight is 553 g/mol. The van der Waals surface area contributed by atoms with Crippen molar-refractivity contribution in [2.45, 2.75) is 26.3 Å². The number of para-hydroxylation sites is 3. The molecular formula is C34H28N6O2. The number of fused-ring (bicyclic) bond motifs is 5. The molecule has 3 aliphatic heterocycles. The first kappa shape index (κ1) is 24.4. The predicted octanol–water partition coefficient (Wildman–Crippen LogP) is 7.27. The summed E-state index contributed by atoms with van der Waals surface area (Å²) in [5.41, 5.74) is 8.13. The molecule has 0 saturated heterocycles. The summed E-state index contributed by atoms with van der Waals surface area (Å²) in [5.74, 6) is 3.60. The lowest BCUT2D eigenvalue weighted by atomic mass is 9.92. The minimum Gasteiger partial charge on any atom is -0.454 e. The molecule has 42 heavy (non-hydrogen) atoms. The van der Waals surface area contributed by atoms with Gasteiger partial charge in [0.1, 0.15) is 0 Å². The van der Waals surface area contributed by atoms with Crippen LogP contribution < -0.4 is 19.7 Å². The van der Waals surface area contributed by atoms with Crippen molar-refractivity contribution in [2.75, 3.05) is 17.0 Å². The summed E-state index contributed by atoms with van der Waals surface area (Å²) < 4.78 is 13.1. The standard InChI is InChI=1S/C34H28N6O2/c1-3-22-13-15-23(16-14-22)31-30-21(2)38-40(25-9-5-4-6-10-25)33(30)37-34-32(36-26-11-7-8-12-27(26)39(31)34)35-24-17-18-28-29(19-24)42-20-41-28/h4-19,31H,3,20H2,1-2H3,(H,35,36). The third-order valence-corrected chi connectivity index (χ3v) is 7.98. The number of hydrogen-bond acceptors (Lipinski definition) is 7. The second-order valence-corrected chi connectivity index (χ2v) is 10.5. The van der Waals surface area contributed by atoms with Gasteiger partial charge in [-0.2, -0.15) is 5.10 Å². The minimum atomic E-state index is -0.166. The first-order valence-electron chi connectivity index (χ1n) is 14.1. The van der Waals surface area contributed by atoms with Crippen LogP contribution in [0.3, 0.4) is 0 Å². The molecule has 0 saturated carbocycles. The van der Waals surface area contributed by atoms with Crippen molar-refractivity contribution in [3.05, 3.63) is 119 Å². The minimum absolute atomic E-state index is 0.166. The van der Waals surface area contributed by atoms with E-state index in [2.05, 4.69) is 72.6 Å². The molecule has 5 aromatic rings. The summed E-state index contributed by atoms with van der Waals surface area (Å²) in [6.45, 7) is 4.47. The third-order valence-electron chi connectivity index (χ3n) is 7.98. The molecule has 206 valence electrons. The normalized spacial score (nSPS) is 16.2. The number of aryl methyl sites for hydroxylation is 2. The number of anilines is 2. The Labute approximate surface area is 243 Å². The van der Waals surface area contributed by atoms with Crippen LogP contribution in [0.15, 0.2) is 107 Å². The molecule has 4 heterocycles. The van der Waals surface area contributed by atoms with Gasteiger partial charge >= 0.3 is 0 Å². The van der Waals surface area contributed by atoms with Crippen LogP contribution in [0.5, 0.6) is 11.5 Å². The number of nitrogens with one attached hydrogen (secondary N) is 1. The number of aliphatic imine (C=N–C) groups is 2. The first-order chi connectivity index (χ1) is 20.7. The molecule has 4 aromatic carbocycles. The van der Waals surface area contributed by atoms with Gasteiger partial charge in [0.15, 0.2) is 29.0 Å². The van der Waals surface area contributed by atoms with E-state index in [4.69, 9.17) is 24.6 Å². The van der Waals surface area contributed by atoms with Gasteiger partial charge in [-0.05, 0) is 60.9 Å². The largest absolute Gasteiger partial charge is 0.454 e. The molecule has 8 heteroatoms. The van der Waals surface area contributed by atoms with Crippen molar-refractivity contribution in [2.24, 2.45) is 9.98 Å². The Morgan fingerprint density at radius 3 is 2.48 bits per heavy atom. The molecule has 0 amide bonds. The summed E-state index contributed by atoms with van der Waals surface area (Å²) in [7, 11) is 0. The molecule has 3 aliphatic rings. The van der Waals surface area contributed by atoms with E-state index in [0.717, 1.165) is 63.4 Å². The number of nitrogens with zero attached hydrogens (tertiary/aromatic N) is 5. The number of ether oxygens (including phenoxy) is 2. The summed E-state index contributed by atoms with van der Waals surface area (Å²) in [6, 6.07) is 32.9. The van der Waals surface area contributed by atoms with Gasteiger partial charge in [0.2, 0.25) is 6.79 Å². The molecule has 1 unspecified atom stereocenters. The molecular weight excluding hydrogens is 524 g/mol. The molecule has 8 rings (SSSR count). The molecule has 0 bridgehead atoms. The number of hydrogen-bond donors (Lipinski definition) is 1. The summed E-state index contributed by atoms with van der Waals surface area (Å²) in [4.78, 5) is 12.7. The van der Waals surface area contributed by atoms with Crippen LogP contribution in [-0.2, 0) is 6.42 Å². The smallest absolute Gasteiger partial charge is 0.231 e. The van der Waals surface area contributed by atoms with Crippen molar-refractivity contribution in [3.8, 4) is 17.2 Å². The van der Waals surface area contributed by atoms with Gasteiger partial charge in [0, 0.05) is 17.3 Å². The fraction of sp³-hybridized carbons (Fsp3) is 0.147. The average Bonchev–Trinajstić information content (AvgIpc) is 3.64. The van der Waals surface area contributed by atoms with Crippen molar-refractivity contribution in [1.82, 2.24) is 9.78 Å². The lowest BCUT2D eigenvalue weighted by molar-refractivity contribution is 0.174. The van der Waals surface area contributed by atoms with E-state index in [1.807, 2.05) is 53.2 Å². The van der Waals surface area contributed by atoms with Crippen molar-refractivity contribution < 1.29 is 9.47 Å². The van der Waals surface area contributed by atoms with Gasteiger partial charge in [-0.15, -0.1) is 0 Å². The Hall–Kier alpha value is -5.37. The molecule has 0 spiro atoms. The fourth-order valence-corrected chi connectivity index (χ4v) is 5.91. The Morgan fingerprint density at radius 2 is 1.64 bits per heavy atom. The van der Waals surface area contributed by atoms with E-state index < -0.39 is 0 Å². The number of rotatable bonds is 4. The number of benzene rings is 4. The first-order valence-corrected chi connectivity index (χ1v) is 14.1. The van der Waals surface area contributed by atoms with Crippen LogP contribution >= 0.6 is 0 Å². The van der Waals surface area contributed by atoms with Crippen LogP contribution in [-0.4, -0.2) is 28.2 Å². The summed E-state index contributed by atoms with van der Waals surface area (Å²) >= 11 is 0. The zero-order chi connectivity index (χ0) is 28.2. The summed E-state index contributed by atoms with van der Waals surface area (Å²) in [5, 5.41) is 8.58. The lowest BCUT2D eigenvalue weighted by Crippen LogP contribution is -2.46. The maximum Gasteiger partial charge on any atom is 0.231 e. The predicted molar refractivity (Wildman–Crippen MR) is 165 cm³/mol. The molecule has 1 atom stereocenters. The van der Waals surface area contributed by atoms with Crippen molar-refractivity contribution in [1.29, 1.82) is 0 Å². The van der Waals surface area contributed by atoms with E-state index in [1.54, 1.807) is 0 Å². The Morgan fingerprint density at radius 1 is 0.857 bits per heavy atom. The van der Waals surface area contributed by atoms with E-state index in [-0.39, 0.29) is 12.8 Å². The fourth-order valence-electron chi connectivity index (χ4n) is 5.91. The molecule has 1 aromatic heterocycles. The van der Waals surface area contributed by atoms with E-state index >= 15 is 0 Å². The highest BCUT2D eigenvalue weighted by Gasteiger charge is 2.41. The maximum absolute atomic E-state index is 5.64. The van der Waals surface area contributed by atoms with Crippen LogP contribution in [0.25, 0.3) is 5.69 Å². The van der Waals surface area contributed by atoms with Crippen molar-refractivity contribution in [3.63, 3.8) is 0 Å². The highest BCUT2D eigenvalue weighted by molar-refractivity contribution is 6.51. The van der Waals surface area contributed by atoms with Crippen LogP contribution in [0.4, 0.5) is 22.9 Å². The third kappa shape index (κ3) is 3.87. The highest BCUT2D eigenvalue weighted by Crippen LogP contribution is 2.48. The molecule has 0 aliphatic carbocycles. The second kappa shape index (κ2) is 9.62. The Balaban J connectivity index is 1.35. The van der Waals surface area contributed by atoms with Crippen LogP contribution in [0.1, 0.15) is 35.3 Å². The number of amidine groups is 2.